The summed E-state index contributed by atoms with van der Waals surface area (Å²) in [4.78, 5) is 40.4. The molecule has 0 aliphatic heterocycles. The molecule has 15 heavy (non-hydrogen) atoms. The first-order valence-corrected chi connectivity index (χ1v) is 1.92. The zero-order chi connectivity index (χ0) is 12.8. The van der Waals surface area contributed by atoms with Crippen LogP contribution in [0.5, 0.6) is 0 Å². The van der Waals surface area contributed by atoms with Crippen LogP contribution in [0.15, 0.2) is 0 Å². The van der Waals surface area contributed by atoms with Gasteiger partial charge in [-0.15, -0.1) is 0 Å². The molecule has 0 aromatic heterocycles. The van der Waals surface area contributed by atoms with E-state index < -0.39 is 0 Å². The van der Waals surface area contributed by atoms with Gasteiger partial charge >= 0.3 is 19.5 Å². The van der Waals surface area contributed by atoms with Gasteiger partial charge in [0.2, 0.25) is 0 Å². The van der Waals surface area contributed by atoms with Gasteiger partial charge in [0.05, 0.1) is 0 Å². The van der Waals surface area contributed by atoms with Crippen molar-refractivity contribution in [2.75, 3.05) is 0 Å². The summed E-state index contributed by atoms with van der Waals surface area (Å²) in [7, 11) is 0. The quantitative estimate of drug-likeness (QED) is 0.293. The number of hydrogen-bond acceptors (Lipinski definition) is 5. The third kappa shape index (κ3) is 378. The molecule has 0 spiro atoms. The molecule has 0 saturated carbocycles. The Balaban J connectivity index is -0.0000000167. The van der Waals surface area contributed by atoms with Crippen molar-refractivity contribution in [1.29, 1.82) is 0 Å². The topological polar surface area (TPSA) is 166 Å². The van der Waals surface area contributed by atoms with Crippen LogP contribution in [0.2, 0.25) is 0 Å². The molecule has 2 radical (unpaired) electrons. The summed E-state index contributed by atoms with van der Waals surface area (Å²) in [6, 6.07) is 0. The van der Waals surface area contributed by atoms with Gasteiger partial charge in [0.15, 0.2) is 0 Å². The van der Waals surface area contributed by atoms with Crippen molar-refractivity contribution >= 4 is 32.7 Å². The normalized spacial score (nSPS) is 3.47. The minimum atomic E-state index is 0. The van der Waals surface area contributed by atoms with Crippen molar-refractivity contribution < 1.29 is 63.9 Å². The standard InChI is InChI=1S/4CHO2.CO.Ru/c4*2-1-3;1-2;/h4*(H,2,3);;/q4*-1;;+4. The van der Waals surface area contributed by atoms with Gasteiger partial charge in [0.1, 0.15) is 0 Å². The Labute approximate surface area is 97.1 Å². The predicted octanol–water partition coefficient (Wildman–Crippen LogP) is -1.95. The minimum absolute atomic E-state index is 0. The molecule has 0 aliphatic rings. The van der Waals surface area contributed by atoms with E-state index in [-0.39, 0.29) is 19.5 Å². The third-order valence-corrected chi connectivity index (χ3v) is 0. The van der Waals surface area contributed by atoms with Crippen molar-refractivity contribution in [3.05, 3.63) is 0 Å². The molecule has 0 heterocycles. The fourth-order valence-corrected chi connectivity index (χ4v) is 0. The van der Waals surface area contributed by atoms with Crippen LogP contribution in [-0.2, 0) is 43.5 Å². The molecule has 9 nitrogen and oxygen atoms in total. The molecule has 0 saturated heterocycles. The van der Waals surface area contributed by atoms with Gasteiger partial charge in [0, 0.05) is 0 Å². The van der Waals surface area contributed by atoms with Gasteiger partial charge in [-0.2, -0.15) is 0 Å². The van der Waals surface area contributed by atoms with Crippen molar-refractivity contribution in [2.45, 2.75) is 0 Å². The Morgan fingerprint density at radius 2 is 0.600 bits per heavy atom. The monoisotopic (exact) mass is 310 g/mol. The predicted molar refractivity (Wildman–Crippen MR) is 39.0 cm³/mol. The Hall–Kier alpha value is -1.83. The van der Waals surface area contributed by atoms with Gasteiger partial charge in [-0.25, -0.2) is 0 Å². The Morgan fingerprint density at radius 1 is 0.600 bits per heavy atom. The van der Waals surface area contributed by atoms with Crippen LogP contribution >= 0.6 is 0 Å². The van der Waals surface area contributed by atoms with Crippen LogP contribution in [0, 0.1) is 0 Å². The summed E-state index contributed by atoms with van der Waals surface area (Å²) in [5.41, 5.74) is 0. The molecule has 10 heteroatoms. The van der Waals surface area contributed by atoms with Crippen molar-refractivity contribution in [2.24, 2.45) is 0 Å². The van der Waals surface area contributed by atoms with Gasteiger partial charge < -0.3 is 39.6 Å². The second-order valence-corrected chi connectivity index (χ2v) is 0.365. The molecule has 0 atom stereocenters. The van der Waals surface area contributed by atoms with E-state index >= 15 is 0 Å². The van der Waals surface area contributed by atoms with Crippen molar-refractivity contribution in [3.8, 4) is 0 Å². The SMILES string of the molecule is O=[C-]O.O=[C-]O.O=[C-]O.O=[C-]O.[C]=O.[Ru+4]. The molecule has 0 unspecified atom stereocenters. The average molecular weight is 309 g/mol. The van der Waals surface area contributed by atoms with Crippen molar-refractivity contribution in [1.82, 2.24) is 0 Å². The van der Waals surface area contributed by atoms with E-state index in [4.69, 9.17) is 44.4 Å². The van der Waals surface area contributed by atoms with Crippen LogP contribution in [-0.4, -0.2) is 53.1 Å². The van der Waals surface area contributed by atoms with Gasteiger partial charge in [0.25, 0.3) is 6.79 Å². The fraction of sp³-hybridized carbons (Fsp3) is 0. The largest absolute Gasteiger partial charge is 4.00 e. The Morgan fingerprint density at radius 3 is 0.600 bits per heavy atom. The Kier molecular flexibility index (Phi) is 814. The first-order valence-electron chi connectivity index (χ1n) is 1.92. The first kappa shape index (κ1) is 37.9. The Bertz CT molecular complexity index is 82.7. The van der Waals surface area contributed by atoms with E-state index in [1.54, 1.807) is 0 Å². The number of aliphatic hydroxyl groups excluding tert-OH is 4. The van der Waals surface area contributed by atoms with Crippen molar-refractivity contribution in [3.63, 3.8) is 0 Å². The molecule has 0 bridgehead atoms. The maximum absolute atomic E-state index is 8.24. The van der Waals surface area contributed by atoms with E-state index in [9.17, 15) is 0 Å². The molecular weight excluding hydrogens is 305 g/mol. The molecule has 0 rings (SSSR count). The zero-order valence-electron chi connectivity index (χ0n) is 6.68. The third-order valence-electron chi connectivity index (χ3n) is 0. The fourth-order valence-electron chi connectivity index (χ4n) is 0. The molecule has 0 aliphatic carbocycles. The van der Waals surface area contributed by atoms with Gasteiger partial charge in [-0.1, -0.05) is 25.9 Å². The van der Waals surface area contributed by atoms with Gasteiger partial charge in [-0.05, 0) is 0 Å². The molecular formula is C5H4O9Ru. The minimum Gasteiger partial charge on any atom is -0.665 e. The second-order valence-electron chi connectivity index (χ2n) is 0.365. The molecule has 4 N–H and O–H groups in total. The zero-order valence-corrected chi connectivity index (χ0v) is 8.42. The number of hydrogen-bond donors (Lipinski definition) is 4. The summed E-state index contributed by atoms with van der Waals surface area (Å²) < 4.78 is 0. The molecule has 0 aromatic carbocycles. The van der Waals surface area contributed by atoms with E-state index in [0.717, 1.165) is 0 Å². The first-order chi connectivity index (χ1) is 6.66. The van der Waals surface area contributed by atoms with E-state index in [0.29, 0.717) is 25.9 Å². The summed E-state index contributed by atoms with van der Waals surface area (Å²) >= 11 is 0. The maximum Gasteiger partial charge on any atom is 4.00 e. The molecule has 0 fully saturated rings. The van der Waals surface area contributed by atoms with Crippen LogP contribution in [0.4, 0.5) is 0 Å². The van der Waals surface area contributed by atoms with E-state index in [1.165, 1.54) is 0 Å². The molecule has 0 aromatic rings. The van der Waals surface area contributed by atoms with Crippen LogP contribution in [0.3, 0.4) is 0 Å². The average Bonchev–Trinajstić information content (AvgIpc) is 2.12. The van der Waals surface area contributed by atoms with Gasteiger partial charge in [-0.3, -0.25) is 4.79 Å². The van der Waals surface area contributed by atoms with Crippen LogP contribution in [0.25, 0.3) is 0 Å². The van der Waals surface area contributed by atoms with E-state index in [1.807, 2.05) is 0 Å². The second kappa shape index (κ2) is 322. The summed E-state index contributed by atoms with van der Waals surface area (Å²) in [5, 5.41) is 27.1. The van der Waals surface area contributed by atoms with E-state index in [2.05, 4.69) is 6.79 Å². The van der Waals surface area contributed by atoms with Crippen LogP contribution < -0.4 is 0 Å². The number of rotatable bonds is 0. The maximum atomic E-state index is 8.24. The number of carbonyl (C=O) groups excluding carboxylic acids is 1. The molecule has 0 amide bonds. The molecule has 86 valence electrons. The van der Waals surface area contributed by atoms with Crippen LogP contribution in [0.1, 0.15) is 0 Å². The smallest absolute Gasteiger partial charge is 0.665 e. The summed E-state index contributed by atoms with van der Waals surface area (Å²) in [6.07, 6.45) is 0. The summed E-state index contributed by atoms with van der Waals surface area (Å²) in [5.74, 6) is 0. The summed E-state index contributed by atoms with van der Waals surface area (Å²) in [6.45, 7) is 6.50.